The van der Waals surface area contributed by atoms with Crippen LogP contribution in [0.25, 0.3) is 0 Å². The first-order valence-corrected chi connectivity index (χ1v) is 12.9. The first-order valence-electron chi connectivity index (χ1n) is 11.5. The molecule has 0 aromatic heterocycles. The Morgan fingerprint density at radius 3 is 2.47 bits per heavy atom. The van der Waals surface area contributed by atoms with E-state index in [0.717, 1.165) is 15.4 Å². The average Bonchev–Trinajstić information content (AvgIpc) is 2.99. The summed E-state index contributed by atoms with van der Waals surface area (Å²) in [6.07, 6.45) is 0.614. The summed E-state index contributed by atoms with van der Waals surface area (Å²) in [4.78, 5) is 40.1. The van der Waals surface area contributed by atoms with Gasteiger partial charge in [-0.15, -0.1) is 0 Å². The maximum absolute atomic E-state index is 13.3. The molecule has 3 rings (SSSR count). The molecule has 2 aromatic carbocycles. The van der Waals surface area contributed by atoms with E-state index in [4.69, 9.17) is 0 Å². The number of sulfonamides is 1. The molecule has 182 valence electrons. The van der Waals surface area contributed by atoms with Crippen LogP contribution in [0.2, 0.25) is 0 Å². The summed E-state index contributed by atoms with van der Waals surface area (Å²) in [5, 5.41) is 2.79. The molecule has 1 heterocycles. The second-order valence-electron chi connectivity index (χ2n) is 8.31. The number of amides is 3. The van der Waals surface area contributed by atoms with Crippen LogP contribution in [0.15, 0.2) is 53.4 Å². The summed E-state index contributed by atoms with van der Waals surface area (Å²) in [7, 11) is -3.91. The molecule has 0 spiro atoms. The highest BCUT2D eigenvalue weighted by Gasteiger charge is 2.40. The highest BCUT2D eigenvalue weighted by Crippen LogP contribution is 2.30. The number of nitrogens with zero attached hydrogens (tertiary/aromatic N) is 2. The molecule has 1 N–H and O–H groups in total. The van der Waals surface area contributed by atoms with Crippen molar-refractivity contribution in [3.63, 3.8) is 0 Å². The van der Waals surface area contributed by atoms with Gasteiger partial charge in [0.15, 0.2) is 0 Å². The Morgan fingerprint density at radius 2 is 1.82 bits per heavy atom. The van der Waals surface area contributed by atoms with Crippen LogP contribution in [0, 0.1) is 6.92 Å². The van der Waals surface area contributed by atoms with E-state index in [1.807, 2.05) is 45.0 Å². The molecule has 8 nitrogen and oxygen atoms in total. The van der Waals surface area contributed by atoms with Gasteiger partial charge < -0.3 is 10.2 Å². The van der Waals surface area contributed by atoms with Crippen molar-refractivity contribution < 1.29 is 22.8 Å². The van der Waals surface area contributed by atoms with E-state index in [1.54, 1.807) is 17.0 Å². The van der Waals surface area contributed by atoms with Crippen molar-refractivity contribution in [1.29, 1.82) is 0 Å². The van der Waals surface area contributed by atoms with Gasteiger partial charge in [0, 0.05) is 26.1 Å². The van der Waals surface area contributed by atoms with Crippen molar-refractivity contribution in [3.8, 4) is 0 Å². The van der Waals surface area contributed by atoms with Crippen molar-refractivity contribution in [2.24, 2.45) is 0 Å². The molecule has 9 heteroatoms. The number of nitrogens with one attached hydrogen (secondary N) is 1. The van der Waals surface area contributed by atoms with Crippen LogP contribution in [0.5, 0.6) is 0 Å². The van der Waals surface area contributed by atoms with Gasteiger partial charge >= 0.3 is 0 Å². The van der Waals surface area contributed by atoms with Crippen molar-refractivity contribution in [2.45, 2.75) is 57.5 Å². The molecule has 3 amide bonds. The Balaban J connectivity index is 1.74. The van der Waals surface area contributed by atoms with E-state index in [2.05, 4.69) is 5.32 Å². The van der Waals surface area contributed by atoms with Crippen LogP contribution in [0.1, 0.15) is 54.6 Å². The van der Waals surface area contributed by atoms with Crippen molar-refractivity contribution in [1.82, 2.24) is 14.5 Å². The number of rotatable bonds is 10. The lowest BCUT2D eigenvalue weighted by Crippen LogP contribution is -2.49. The second-order valence-corrected chi connectivity index (χ2v) is 10.1. The zero-order chi connectivity index (χ0) is 24.9. The highest BCUT2D eigenvalue weighted by molar-refractivity contribution is 7.90. The number of carbonyl (C=O) groups is 3. The lowest BCUT2D eigenvalue weighted by atomic mass is 10.1. The van der Waals surface area contributed by atoms with E-state index in [1.165, 1.54) is 12.1 Å². The fourth-order valence-electron chi connectivity index (χ4n) is 4.19. The Kier molecular flexibility index (Phi) is 8.09. The zero-order valence-electron chi connectivity index (χ0n) is 19.8. The van der Waals surface area contributed by atoms with Gasteiger partial charge in [0.25, 0.3) is 15.9 Å². The monoisotopic (exact) mass is 485 g/mol. The van der Waals surface area contributed by atoms with E-state index in [0.29, 0.717) is 13.0 Å². The number of aryl methyl sites for hydroxylation is 1. The molecule has 0 bridgehead atoms. The van der Waals surface area contributed by atoms with Crippen LogP contribution in [-0.2, 0) is 26.2 Å². The number of likely N-dealkylation sites (N-methyl/N-ethyl adjacent to an activating group) is 1. The molecule has 1 aliphatic heterocycles. The molecular formula is C25H31N3O5S. The lowest BCUT2D eigenvalue weighted by Gasteiger charge is -2.31. The van der Waals surface area contributed by atoms with Crippen LogP contribution >= 0.6 is 0 Å². The Labute approximate surface area is 201 Å². The maximum Gasteiger partial charge on any atom is 0.269 e. The Hall–Kier alpha value is -3.20. The maximum atomic E-state index is 13.3. The van der Waals surface area contributed by atoms with Gasteiger partial charge in [-0.1, -0.05) is 48.9 Å². The fourth-order valence-corrected chi connectivity index (χ4v) is 5.80. The van der Waals surface area contributed by atoms with Crippen LogP contribution in [0.3, 0.4) is 0 Å². The topological polar surface area (TPSA) is 104 Å². The molecule has 1 unspecified atom stereocenters. The Bertz CT molecular complexity index is 1180. The van der Waals surface area contributed by atoms with Gasteiger partial charge in [-0.2, -0.15) is 0 Å². The van der Waals surface area contributed by atoms with Gasteiger partial charge in [0.1, 0.15) is 10.9 Å². The normalized spacial score (nSPS) is 15.0. The molecule has 34 heavy (non-hydrogen) atoms. The fraction of sp³-hybridized carbons (Fsp3) is 0.400. The summed E-state index contributed by atoms with van der Waals surface area (Å²) >= 11 is 0. The second kappa shape index (κ2) is 10.8. The summed E-state index contributed by atoms with van der Waals surface area (Å²) in [6, 6.07) is 13.2. The van der Waals surface area contributed by atoms with Gasteiger partial charge in [0.05, 0.1) is 5.56 Å². The van der Waals surface area contributed by atoms with E-state index < -0.39 is 22.0 Å². The predicted octanol–water partition coefficient (Wildman–Crippen LogP) is 2.86. The molecule has 0 saturated heterocycles. The molecule has 1 aliphatic rings. The SMILES string of the molecule is CCNC(=O)C(CC)N(Cc1cccc(C)c1)C(=O)CCCN1C(=O)c2ccccc2S1(=O)=O. The molecular weight excluding hydrogens is 454 g/mol. The predicted molar refractivity (Wildman–Crippen MR) is 128 cm³/mol. The van der Waals surface area contributed by atoms with Crippen LogP contribution in [-0.4, -0.2) is 54.5 Å². The minimum absolute atomic E-state index is 0.00492. The number of carbonyl (C=O) groups excluding carboxylic acids is 3. The minimum atomic E-state index is -3.91. The summed E-state index contributed by atoms with van der Waals surface area (Å²) < 4.78 is 26.3. The first-order chi connectivity index (χ1) is 16.2. The largest absolute Gasteiger partial charge is 0.355 e. The summed E-state index contributed by atoms with van der Waals surface area (Å²) in [5.74, 6) is -1.06. The van der Waals surface area contributed by atoms with Gasteiger partial charge in [-0.3, -0.25) is 14.4 Å². The molecule has 0 aliphatic carbocycles. The van der Waals surface area contributed by atoms with E-state index in [9.17, 15) is 22.8 Å². The number of hydrogen-bond acceptors (Lipinski definition) is 5. The van der Waals surface area contributed by atoms with Crippen molar-refractivity contribution in [2.75, 3.05) is 13.1 Å². The Morgan fingerprint density at radius 1 is 1.09 bits per heavy atom. The van der Waals surface area contributed by atoms with Crippen LogP contribution in [0.4, 0.5) is 0 Å². The minimum Gasteiger partial charge on any atom is -0.355 e. The average molecular weight is 486 g/mol. The lowest BCUT2D eigenvalue weighted by molar-refractivity contribution is -0.141. The standard InChI is InChI=1S/C25H31N3O5S/c1-4-21(24(30)26-5-2)27(17-19-11-8-10-18(3)16-19)23(29)14-9-15-28-25(31)20-12-6-7-13-22(20)34(28,32)33/h6-8,10-13,16,21H,4-5,9,14-15,17H2,1-3H3,(H,26,30). The zero-order valence-corrected chi connectivity index (χ0v) is 20.6. The number of fused-ring (bicyclic) bond motifs is 1. The van der Waals surface area contributed by atoms with E-state index >= 15 is 0 Å². The molecule has 1 atom stereocenters. The molecule has 0 fully saturated rings. The summed E-state index contributed by atoms with van der Waals surface area (Å²) in [5.41, 5.74) is 2.11. The quantitative estimate of drug-likeness (QED) is 0.557. The number of hydrogen-bond donors (Lipinski definition) is 1. The third-order valence-electron chi connectivity index (χ3n) is 5.84. The summed E-state index contributed by atoms with van der Waals surface area (Å²) in [6.45, 7) is 6.26. The third kappa shape index (κ3) is 5.30. The molecule has 2 aromatic rings. The van der Waals surface area contributed by atoms with Crippen LogP contribution < -0.4 is 5.32 Å². The third-order valence-corrected chi connectivity index (χ3v) is 7.68. The highest BCUT2D eigenvalue weighted by atomic mass is 32.2. The van der Waals surface area contributed by atoms with Crippen molar-refractivity contribution in [3.05, 3.63) is 65.2 Å². The van der Waals surface area contributed by atoms with Gasteiger partial charge in [-0.25, -0.2) is 12.7 Å². The van der Waals surface area contributed by atoms with E-state index in [-0.39, 0.29) is 48.2 Å². The smallest absolute Gasteiger partial charge is 0.269 e. The molecule has 0 saturated carbocycles. The van der Waals surface area contributed by atoms with Gasteiger partial charge in [0.2, 0.25) is 11.8 Å². The first kappa shape index (κ1) is 25.4. The van der Waals surface area contributed by atoms with Gasteiger partial charge in [-0.05, 0) is 44.4 Å². The van der Waals surface area contributed by atoms with Crippen molar-refractivity contribution >= 4 is 27.7 Å². The number of benzene rings is 2. The molecule has 0 radical (unpaired) electrons.